The normalized spacial score (nSPS) is 15.2. The fourth-order valence-electron chi connectivity index (χ4n) is 2.55. The van der Waals surface area contributed by atoms with Gasteiger partial charge >= 0.3 is 0 Å². The molecule has 3 heteroatoms. The Morgan fingerprint density at radius 3 is 2.59 bits per heavy atom. The van der Waals surface area contributed by atoms with Crippen LogP contribution in [0.25, 0.3) is 6.08 Å². The molecular weight excluding hydrogens is 278 g/mol. The van der Waals surface area contributed by atoms with Crippen LogP contribution in [0.15, 0.2) is 10.5 Å². The molecule has 1 aromatic carbocycles. The summed E-state index contributed by atoms with van der Waals surface area (Å²) in [5.74, 6) is 0.354. The predicted octanol–water partition coefficient (Wildman–Crippen LogP) is 3.31. The van der Waals surface area contributed by atoms with E-state index < -0.39 is 0 Å². The largest absolute Gasteiger partial charge is 0.506 e. The molecule has 0 heterocycles. The number of halogens is 1. The van der Waals surface area contributed by atoms with Gasteiger partial charge in [-0.3, -0.25) is 0 Å². The van der Waals surface area contributed by atoms with E-state index in [1.165, 1.54) is 29.5 Å². The van der Waals surface area contributed by atoms with Crippen LogP contribution in [0.1, 0.15) is 35.1 Å². The Kier molecular flexibility index (Phi) is 3.89. The number of aromatic hydroxyl groups is 1. The molecule has 0 bridgehead atoms. The van der Waals surface area contributed by atoms with Gasteiger partial charge in [0.1, 0.15) is 5.75 Å². The van der Waals surface area contributed by atoms with Gasteiger partial charge in [0.2, 0.25) is 0 Å². The van der Waals surface area contributed by atoms with Crippen molar-refractivity contribution in [3.8, 4) is 5.75 Å². The minimum absolute atomic E-state index is 0.354. The number of hydrogen-bond acceptors (Lipinski definition) is 2. The Hall–Kier alpha value is -0.800. The van der Waals surface area contributed by atoms with Crippen LogP contribution in [-0.2, 0) is 12.8 Å². The summed E-state index contributed by atoms with van der Waals surface area (Å²) >= 11 is 3.53. The standard InChI is InChI=1S/C14H18BrNO/c1-9-10-5-2-3-6-12(10)13(15)14(17)11(9)7-4-8-16/h4,7,17H,2-3,5-6,8,16H2,1H3/b7-4+. The molecular formula is C14H18BrNO. The monoisotopic (exact) mass is 295 g/mol. The number of hydrogen-bond donors (Lipinski definition) is 2. The van der Waals surface area contributed by atoms with E-state index in [4.69, 9.17) is 5.73 Å². The van der Waals surface area contributed by atoms with Gasteiger partial charge in [0.05, 0.1) is 4.47 Å². The van der Waals surface area contributed by atoms with Crippen LogP contribution in [0.3, 0.4) is 0 Å². The third-order valence-electron chi connectivity index (χ3n) is 3.47. The average molecular weight is 296 g/mol. The molecule has 1 aromatic rings. The number of fused-ring (bicyclic) bond motifs is 1. The first-order chi connectivity index (χ1) is 8.16. The molecule has 0 fully saturated rings. The first-order valence-corrected chi connectivity index (χ1v) is 6.85. The number of phenolic OH excluding ortho intramolecular Hbond substituents is 1. The summed E-state index contributed by atoms with van der Waals surface area (Å²) in [4.78, 5) is 0. The van der Waals surface area contributed by atoms with Crippen LogP contribution in [0.5, 0.6) is 5.75 Å². The van der Waals surface area contributed by atoms with Crippen LogP contribution in [-0.4, -0.2) is 11.7 Å². The summed E-state index contributed by atoms with van der Waals surface area (Å²) in [6, 6.07) is 0. The Bertz CT molecular complexity index is 466. The van der Waals surface area contributed by atoms with Crippen LogP contribution in [0.2, 0.25) is 0 Å². The topological polar surface area (TPSA) is 46.2 Å². The molecule has 1 aliphatic rings. The summed E-state index contributed by atoms with van der Waals surface area (Å²) in [5, 5.41) is 10.2. The van der Waals surface area contributed by atoms with Gasteiger partial charge in [0.15, 0.2) is 0 Å². The highest BCUT2D eigenvalue weighted by molar-refractivity contribution is 9.10. The molecule has 0 saturated carbocycles. The van der Waals surface area contributed by atoms with Crippen molar-refractivity contribution in [2.75, 3.05) is 6.54 Å². The fraction of sp³-hybridized carbons (Fsp3) is 0.429. The van der Waals surface area contributed by atoms with Gasteiger partial charge in [0, 0.05) is 12.1 Å². The zero-order valence-corrected chi connectivity index (χ0v) is 11.7. The molecule has 0 aromatic heterocycles. The summed E-state index contributed by atoms with van der Waals surface area (Å²) in [5.41, 5.74) is 10.3. The molecule has 0 unspecified atom stereocenters. The van der Waals surface area contributed by atoms with E-state index in [1.54, 1.807) is 0 Å². The average Bonchev–Trinajstić information content (AvgIpc) is 2.36. The van der Waals surface area contributed by atoms with E-state index in [-0.39, 0.29) is 0 Å². The summed E-state index contributed by atoms with van der Waals surface area (Å²) in [7, 11) is 0. The van der Waals surface area contributed by atoms with Gasteiger partial charge in [-0.25, -0.2) is 0 Å². The van der Waals surface area contributed by atoms with Gasteiger partial charge in [-0.05, 0) is 65.2 Å². The van der Waals surface area contributed by atoms with Crippen LogP contribution < -0.4 is 5.73 Å². The zero-order chi connectivity index (χ0) is 12.4. The van der Waals surface area contributed by atoms with Gasteiger partial charge in [-0.1, -0.05) is 12.2 Å². The molecule has 0 saturated heterocycles. The van der Waals surface area contributed by atoms with Crippen molar-refractivity contribution in [3.05, 3.63) is 32.8 Å². The second kappa shape index (κ2) is 5.23. The lowest BCUT2D eigenvalue weighted by Crippen LogP contribution is -2.07. The van der Waals surface area contributed by atoms with Crippen molar-refractivity contribution in [2.24, 2.45) is 5.73 Å². The minimum Gasteiger partial charge on any atom is -0.506 e. The highest BCUT2D eigenvalue weighted by Crippen LogP contribution is 2.40. The predicted molar refractivity (Wildman–Crippen MR) is 75.3 cm³/mol. The van der Waals surface area contributed by atoms with E-state index in [0.717, 1.165) is 22.9 Å². The Morgan fingerprint density at radius 2 is 1.94 bits per heavy atom. The van der Waals surface area contributed by atoms with Gasteiger partial charge in [0.25, 0.3) is 0 Å². The second-order valence-corrected chi connectivity index (χ2v) is 5.30. The number of nitrogens with two attached hydrogens (primary N) is 1. The molecule has 1 aliphatic carbocycles. The minimum atomic E-state index is 0.354. The van der Waals surface area contributed by atoms with Crippen molar-refractivity contribution in [3.63, 3.8) is 0 Å². The number of rotatable bonds is 2. The van der Waals surface area contributed by atoms with Gasteiger partial charge in [-0.15, -0.1) is 0 Å². The molecule has 92 valence electrons. The first kappa shape index (κ1) is 12.7. The zero-order valence-electron chi connectivity index (χ0n) is 10.1. The quantitative estimate of drug-likeness (QED) is 0.879. The van der Waals surface area contributed by atoms with E-state index in [1.807, 2.05) is 12.2 Å². The fourth-order valence-corrected chi connectivity index (χ4v) is 3.20. The molecule has 0 radical (unpaired) electrons. The molecule has 2 nitrogen and oxygen atoms in total. The molecule has 0 spiro atoms. The SMILES string of the molecule is Cc1c(/C=C/CN)c(O)c(Br)c2c1CCCC2. The van der Waals surface area contributed by atoms with Crippen molar-refractivity contribution in [1.82, 2.24) is 0 Å². The maximum absolute atomic E-state index is 10.2. The van der Waals surface area contributed by atoms with Crippen molar-refractivity contribution in [2.45, 2.75) is 32.6 Å². The Balaban J connectivity index is 2.61. The van der Waals surface area contributed by atoms with Crippen molar-refractivity contribution >= 4 is 22.0 Å². The maximum atomic E-state index is 10.2. The van der Waals surface area contributed by atoms with E-state index >= 15 is 0 Å². The number of phenols is 1. The summed E-state index contributed by atoms with van der Waals surface area (Å²) < 4.78 is 0.870. The first-order valence-electron chi connectivity index (χ1n) is 6.06. The van der Waals surface area contributed by atoms with Crippen LogP contribution >= 0.6 is 15.9 Å². The highest BCUT2D eigenvalue weighted by Gasteiger charge is 2.20. The third kappa shape index (κ3) is 2.26. The number of benzene rings is 1. The van der Waals surface area contributed by atoms with Gasteiger partial charge < -0.3 is 10.8 Å². The van der Waals surface area contributed by atoms with E-state index in [0.29, 0.717) is 12.3 Å². The molecule has 0 aliphatic heterocycles. The van der Waals surface area contributed by atoms with Gasteiger partial charge in [-0.2, -0.15) is 0 Å². The third-order valence-corrected chi connectivity index (χ3v) is 4.33. The molecule has 0 amide bonds. The van der Waals surface area contributed by atoms with E-state index in [2.05, 4.69) is 22.9 Å². The summed E-state index contributed by atoms with van der Waals surface area (Å²) in [6.07, 6.45) is 8.43. The molecule has 2 rings (SSSR count). The van der Waals surface area contributed by atoms with Crippen LogP contribution in [0, 0.1) is 6.92 Å². The van der Waals surface area contributed by atoms with Crippen molar-refractivity contribution < 1.29 is 5.11 Å². The molecule has 3 N–H and O–H groups in total. The lowest BCUT2D eigenvalue weighted by Gasteiger charge is -2.22. The Labute approximate surface area is 111 Å². The highest BCUT2D eigenvalue weighted by atomic mass is 79.9. The molecule has 0 atom stereocenters. The van der Waals surface area contributed by atoms with Crippen molar-refractivity contribution in [1.29, 1.82) is 0 Å². The van der Waals surface area contributed by atoms with E-state index in [9.17, 15) is 5.11 Å². The summed E-state index contributed by atoms with van der Waals surface area (Å²) in [6.45, 7) is 2.58. The lowest BCUT2D eigenvalue weighted by atomic mass is 9.86. The molecule has 17 heavy (non-hydrogen) atoms. The van der Waals surface area contributed by atoms with Crippen LogP contribution in [0.4, 0.5) is 0 Å². The second-order valence-electron chi connectivity index (χ2n) is 4.50. The smallest absolute Gasteiger partial charge is 0.137 e. The lowest BCUT2D eigenvalue weighted by molar-refractivity contribution is 0.467. The Morgan fingerprint density at radius 1 is 1.29 bits per heavy atom. The maximum Gasteiger partial charge on any atom is 0.137 e.